The van der Waals surface area contributed by atoms with Crippen molar-refractivity contribution in [2.45, 2.75) is 45.1 Å². The lowest BCUT2D eigenvalue weighted by molar-refractivity contribution is -0.158. The van der Waals surface area contributed by atoms with Gasteiger partial charge in [0.1, 0.15) is 11.2 Å². The van der Waals surface area contributed by atoms with Crippen LogP contribution in [-0.4, -0.2) is 58.4 Å². The molecule has 160 valence electrons. The first-order valence-corrected chi connectivity index (χ1v) is 10.8. The fourth-order valence-electron chi connectivity index (χ4n) is 4.55. The molecule has 4 rings (SSSR count). The van der Waals surface area contributed by atoms with Crippen molar-refractivity contribution in [2.24, 2.45) is 5.41 Å². The van der Waals surface area contributed by atoms with Gasteiger partial charge in [-0.05, 0) is 37.7 Å². The lowest BCUT2D eigenvalue weighted by Crippen LogP contribution is -2.56. The second kappa shape index (κ2) is 8.60. The molecule has 1 aromatic carbocycles. The molecule has 0 unspecified atom stereocenters. The molecule has 0 saturated carbocycles. The van der Waals surface area contributed by atoms with Crippen LogP contribution in [0.4, 0.5) is 11.8 Å². The van der Waals surface area contributed by atoms with Gasteiger partial charge >= 0.3 is 5.97 Å². The van der Waals surface area contributed by atoms with E-state index < -0.39 is 17.5 Å². The highest BCUT2D eigenvalue weighted by molar-refractivity contribution is 5.76. The van der Waals surface area contributed by atoms with Gasteiger partial charge in [0.2, 0.25) is 5.95 Å². The molecule has 7 nitrogen and oxygen atoms in total. The molecule has 0 spiro atoms. The lowest BCUT2D eigenvalue weighted by Gasteiger charge is -2.43. The minimum Gasteiger partial charge on any atom is -0.481 e. The van der Waals surface area contributed by atoms with Crippen LogP contribution in [0.25, 0.3) is 0 Å². The number of anilines is 2. The molecule has 30 heavy (non-hydrogen) atoms. The number of carbonyl (C=O) groups is 1. The smallest absolute Gasteiger partial charge is 0.312 e. The largest absolute Gasteiger partial charge is 0.481 e. The van der Waals surface area contributed by atoms with Gasteiger partial charge in [-0.2, -0.15) is 4.98 Å². The average Bonchev–Trinajstić information content (AvgIpc) is 3.30. The van der Waals surface area contributed by atoms with Crippen LogP contribution in [0, 0.1) is 5.41 Å². The normalized spacial score (nSPS) is 24.3. The second-order valence-electron chi connectivity index (χ2n) is 8.40. The summed E-state index contributed by atoms with van der Waals surface area (Å²) in [7, 11) is 0. The van der Waals surface area contributed by atoms with E-state index >= 15 is 0 Å². The molecule has 2 fully saturated rings. The number of hydrogen-bond acceptors (Lipinski definition) is 6. The van der Waals surface area contributed by atoms with E-state index in [-0.39, 0.29) is 6.54 Å². The van der Waals surface area contributed by atoms with Crippen molar-refractivity contribution in [3.8, 4) is 0 Å². The van der Waals surface area contributed by atoms with Crippen molar-refractivity contribution in [3.63, 3.8) is 0 Å². The molecule has 2 N–H and O–H groups in total. The van der Waals surface area contributed by atoms with E-state index in [4.69, 9.17) is 9.97 Å². The lowest BCUT2D eigenvalue weighted by atomic mass is 9.71. The predicted molar refractivity (Wildman–Crippen MR) is 116 cm³/mol. The molecule has 2 aliphatic rings. The molecular formula is C23H30N4O3. The number of aliphatic hydroxyl groups is 1. The number of hydrogen-bond donors (Lipinski definition) is 2. The Morgan fingerprint density at radius 1 is 1.13 bits per heavy atom. The SMILES string of the molecule is CCc1cc(N2CC[C@](Cc3ccccc3)(C(=O)O)[C@H](O)C2)nc(N2CCCC2)n1. The van der Waals surface area contributed by atoms with Crippen molar-refractivity contribution in [2.75, 3.05) is 36.0 Å². The van der Waals surface area contributed by atoms with Crippen molar-refractivity contribution >= 4 is 17.7 Å². The van der Waals surface area contributed by atoms with E-state index in [1.54, 1.807) is 0 Å². The van der Waals surface area contributed by atoms with Gasteiger partial charge in [0.25, 0.3) is 0 Å². The van der Waals surface area contributed by atoms with Gasteiger partial charge in [-0.25, -0.2) is 4.98 Å². The predicted octanol–water partition coefficient (Wildman–Crippen LogP) is 2.52. The number of aliphatic carboxylic acids is 1. The Hall–Kier alpha value is -2.67. The van der Waals surface area contributed by atoms with E-state index in [1.807, 2.05) is 41.3 Å². The van der Waals surface area contributed by atoms with Crippen LogP contribution < -0.4 is 9.80 Å². The molecule has 0 aliphatic carbocycles. The number of aliphatic hydroxyl groups excluding tert-OH is 1. The van der Waals surface area contributed by atoms with E-state index in [1.165, 1.54) is 0 Å². The number of piperidine rings is 1. The van der Waals surface area contributed by atoms with E-state index in [9.17, 15) is 15.0 Å². The number of benzene rings is 1. The Morgan fingerprint density at radius 3 is 2.50 bits per heavy atom. The Kier molecular flexibility index (Phi) is 5.90. The zero-order chi connectivity index (χ0) is 21.1. The molecule has 2 aromatic rings. The Balaban J connectivity index is 1.57. The van der Waals surface area contributed by atoms with Crippen LogP contribution in [0.5, 0.6) is 0 Å². The Morgan fingerprint density at radius 2 is 1.87 bits per heavy atom. The summed E-state index contributed by atoms with van der Waals surface area (Å²) in [5.74, 6) is 0.588. The first-order chi connectivity index (χ1) is 14.5. The first kappa shape index (κ1) is 20.6. The number of β-amino-alcohol motifs (C(OH)–C–C–N with tert-alkyl or cyclic N) is 1. The summed E-state index contributed by atoms with van der Waals surface area (Å²) in [5.41, 5.74) is 0.714. The van der Waals surface area contributed by atoms with Crippen LogP contribution in [0.3, 0.4) is 0 Å². The number of aromatic nitrogens is 2. The number of carboxylic acids is 1. The molecule has 2 aliphatic heterocycles. The highest BCUT2D eigenvalue weighted by Gasteiger charge is 2.49. The van der Waals surface area contributed by atoms with Gasteiger partial charge in [-0.3, -0.25) is 4.79 Å². The summed E-state index contributed by atoms with van der Waals surface area (Å²) in [6, 6.07) is 11.5. The standard InChI is InChI=1S/C23H30N4O3/c1-2-18-14-20(25-22(24-18)26-11-6-7-12-26)27-13-10-23(21(29)30,19(28)16-27)15-17-8-4-3-5-9-17/h3-5,8-9,14,19,28H,2,6-7,10-13,15-16H2,1H3,(H,29,30)/t19-,23-/m1/s1. The number of nitrogens with zero attached hydrogens (tertiary/aromatic N) is 4. The first-order valence-electron chi connectivity index (χ1n) is 10.8. The van der Waals surface area contributed by atoms with Gasteiger partial charge in [0.05, 0.1) is 6.10 Å². The molecule has 7 heteroatoms. The van der Waals surface area contributed by atoms with E-state index in [2.05, 4.69) is 11.8 Å². The molecule has 0 radical (unpaired) electrons. The molecule has 0 amide bonds. The highest BCUT2D eigenvalue weighted by atomic mass is 16.4. The topological polar surface area (TPSA) is 89.8 Å². The maximum atomic E-state index is 12.3. The third-order valence-electron chi connectivity index (χ3n) is 6.48. The van der Waals surface area contributed by atoms with E-state index in [0.29, 0.717) is 19.4 Å². The zero-order valence-electron chi connectivity index (χ0n) is 17.5. The summed E-state index contributed by atoms with van der Waals surface area (Å²) >= 11 is 0. The summed E-state index contributed by atoms with van der Waals surface area (Å²) in [5, 5.41) is 21.1. The van der Waals surface area contributed by atoms with Crippen LogP contribution in [0.15, 0.2) is 36.4 Å². The minimum atomic E-state index is -1.18. The summed E-state index contributed by atoms with van der Waals surface area (Å²) in [6.07, 6.45) is 2.80. The molecule has 1 aromatic heterocycles. The third-order valence-corrected chi connectivity index (χ3v) is 6.48. The van der Waals surface area contributed by atoms with Crippen LogP contribution in [0.2, 0.25) is 0 Å². The van der Waals surface area contributed by atoms with Crippen molar-refractivity contribution < 1.29 is 15.0 Å². The number of aryl methyl sites for hydroxylation is 1. The average molecular weight is 411 g/mol. The number of rotatable bonds is 6. The summed E-state index contributed by atoms with van der Waals surface area (Å²) < 4.78 is 0. The number of carboxylic acid groups (broad SMARTS) is 1. The molecular weight excluding hydrogens is 380 g/mol. The summed E-state index contributed by atoms with van der Waals surface area (Å²) in [4.78, 5) is 25.9. The Bertz CT molecular complexity index is 885. The maximum Gasteiger partial charge on any atom is 0.312 e. The van der Waals surface area contributed by atoms with Crippen molar-refractivity contribution in [1.82, 2.24) is 9.97 Å². The maximum absolute atomic E-state index is 12.3. The highest BCUT2D eigenvalue weighted by Crippen LogP contribution is 2.37. The van der Waals surface area contributed by atoms with Crippen molar-refractivity contribution in [3.05, 3.63) is 47.7 Å². The van der Waals surface area contributed by atoms with Gasteiger partial charge in [-0.15, -0.1) is 0 Å². The van der Waals surface area contributed by atoms with Crippen LogP contribution in [-0.2, 0) is 17.6 Å². The van der Waals surface area contributed by atoms with Crippen LogP contribution >= 0.6 is 0 Å². The van der Waals surface area contributed by atoms with Crippen LogP contribution in [0.1, 0.15) is 37.4 Å². The summed E-state index contributed by atoms with van der Waals surface area (Å²) in [6.45, 7) is 4.79. The fraction of sp³-hybridized carbons (Fsp3) is 0.522. The molecule has 2 atom stereocenters. The molecule has 0 bridgehead atoms. The Labute approximate surface area is 177 Å². The van der Waals surface area contributed by atoms with Gasteiger partial charge in [0, 0.05) is 37.9 Å². The van der Waals surface area contributed by atoms with Gasteiger partial charge in [0.15, 0.2) is 0 Å². The molecule has 3 heterocycles. The quantitative estimate of drug-likeness (QED) is 0.756. The minimum absolute atomic E-state index is 0.249. The van der Waals surface area contributed by atoms with Gasteiger partial charge < -0.3 is 20.0 Å². The fourth-order valence-corrected chi connectivity index (χ4v) is 4.55. The van der Waals surface area contributed by atoms with E-state index in [0.717, 1.165) is 55.4 Å². The third kappa shape index (κ3) is 3.99. The van der Waals surface area contributed by atoms with Gasteiger partial charge in [-0.1, -0.05) is 37.3 Å². The molecule has 2 saturated heterocycles. The zero-order valence-corrected chi connectivity index (χ0v) is 17.5. The van der Waals surface area contributed by atoms with Crippen molar-refractivity contribution in [1.29, 1.82) is 0 Å². The second-order valence-corrected chi connectivity index (χ2v) is 8.40. The monoisotopic (exact) mass is 410 g/mol.